The number of rotatable bonds is 4. The maximum absolute atomic E-state index is 5.96. The van der Waals surface area contributed by atoms with Gasteiger partial charge in [-0.3, -0.25) is 0 Å². The molecular weight excluding hydrogens is 243 g/mol. The molecule has 0 saturated carbocycles. The van der Waals surface area contributed by atoms with Crippen LogP contribution in [0.15, 0.2) is 0 Å². The van der Waals surface area contributed by atoms with Crippen LogP contribution in [0.5, 0.6) is 0 Å². The zero-order chi connectivity index (χ0) is 11.8. The summed E-state index contributed by atoms with van der Waals surface area (Å²) in [5.74, 6) is 0.529. The molecule has 3 nitrogen and oxygen atoms in total. The van der Waals surface area contributed by atoms with Crippen molar-refractivity contribution in [2.75, 3.05) is 13.2 Å². The Kier molecular flexibility index (Phi) is 3.78. The lowest BCUT2D eigenvalue weighted by atomic mass is 9.74. The van der Waals surface area contributed by atoms with E-state index in [1.807, 2.05) is 0 Å². The Morgan fingerprint density at radius 1 is 1.38 bits per heavy atom. The van der Waals surface area contributed by atoms with Crippen molar-refractivity contribution in [3.63, 3.8) is 0 Å². The molecule has 2 unspecified atom stereocenters. The summed E-state index contributed by atoms with van der Waals surface area (Å²) in [6.45, 7) is 5.71. The van der Waals surface area contributed by atoms with E-state index >= 15 is 0 Å². The molecule has 3 aliphatic heterocycles. The smallest absolute Gasteiger partial charge is 0.308 e. The number of hydrogen-bond donors (Lipinski definition) is 0. The minimum atomic E-state index is -2.38. The van der Waals surface area contributed by atoms with Crippen LogP contribution in [0.2, 0.25) is 0 Å². The van der Waals surface area contributed by atoms with E-state index in [9.17, 15) is 0 Å². The summed E-state index contributed by atoms with van der Waals surface area (Å²) in [5, 5.41) is 0. The van der Waals surface area contributed by atoms with E-state index in [2.05, 4.69) is 20.8 Å². The fourth-order valence-electron chi connectivity index (χ4n) is 2.68. The molecule has 0 aromatic carbocycles. The van der Waals surface area contributed by atoms with E-state index in [0.29, 0.717) is 5.92 Å². The molecule has 0 aromatic rings. The lowest BCUT2D eigenvalue weighted by Gasteiger charge is -2.53. The molecule has 16 heavy (non-hydrogen) atoms. The number of hydrogen-bond acceptors (Lipinski definition) is 4. The highest BCUT2D eigenvalue weighted by atomic mass is 32.5. The van der Waals surface area contributed by atoms with Crippen LogP contribution in [0.25, 0.3) is 0 Å². The first-order valence-corrected chi connectivity index (χ1v) is 8.68. The van der Waals surface area contributed by atoms with Gasteiger partial charge in [-0.15, -0.1) is 0 Å². The Morgan fingerprint density at radius 3 is 2.50 bits per heavy atom. The Hall–Kier alpha value is 0.530. The first kappa shape index (κ1) is 13.0. The molecule has 3 saturated heterocycles. The standard InChI is InChI=1S/C11H21O3PS/c1-4-6-11-7-12-15(16,13-8-11)14-10(11)9(3)5-2/h9-10H,4-8H2,1-3H3. The molecule has 3 aliphatic rings. The molecule has 0 aliphatic carbocycles. The summed E-state index contributed by atoms with van der Waals surface area (Å²) in [6.07, 6.45) is 3.57. The van der Waals surface area contributed by atoms with Crippen molar-refractivity contribution >= 4 is 18.5 Å². The molecule has 3 rings (SSSR count). The van der Waals surface area contributed by atoms with Crippen LogP contribution < -0.4 is 0 Å². The van der Waals surface area contributed by atoms with E-state index in [0.717, 1.165) is 32.5 Å². The van der Waals surface area contributed by atoms with Crippen LogP contribution in [0.1, 0.15) is 40.0 Å². The largest absolute Gasteiger partial charge is 0.327 e. The van der Waals surface area contributed by atoms with Gasteiger partial charge in [0.25, 0.3) is 0 Å². The van der Waals surface area contributed by atoms with Gasteiger partial charge < -0.3 is 13.6 Å². The van der Waals surface area contributed by atoms with Gasteiger partial charge in [-0.2, -0.15) is 0 Å². The summed E-state index contributed by atoms with van der Waals surface area (Å²) < 4.78 is 17.2. The fourth-order valence-corrected chi connectivity index (χ4v) is 5.01. The van der Waals surface area contributed by atoms with Crippen LogP contribution in [0.3, 0.4) is 0 Å². The number of fused-ring (bicyclic) bond motifs is 3. The highest BCUT2D eigenvalue weighted by molar-refractivity contribution is 8.07. The second kappa shape index (κ2) is 4.66. The molecule has 94 valence electrons. The van der Waals surface area contributed by atoms with Crippen LogP contribution in [0.4, 0.5) is 0 Å². The average Bonchev–Trinajstić information content (AvgIpc) is 2.30. The van der Waals surface area contributed by atoms with Crippen molar-refractivity contribution in [3.8, 4) is 0 Å². The normalized spacial score (nSPS) is 44.6. The van der Waals surface area contributed by atoms with Gasteiger partial charge in [-0.1, -0.05) is 33.6 Å². The van der Waals surface area contributed by atoms with Crippen molar-refractivity contribution in [2.24, 2.45) is 11.3 Å². The van der Waals surface area contributed by atoms with Gasteiger partial charge in [-0.25, -0.2) is 0 Å². The third-order valence-electron chi connectivity index (χ3n) is 3.78. The zero-order valence-corrected chi connectivity index (χ0v) is 12.0. The van der Waals surface area contributed by atoms with E-state index in [1.165, 1.54) is 0 Å². The van der Waals surface area contributed by atoms with Gasteiger partial charge in [0.2, 0.25) is 0 Å². The Labute approximate surface area is 103 Å². The molecule has 3 heterocycles. The van der Waals surface area contributed by atoms with Crippen LogP contribution in [0, 0.1) is 11.3 Å². The molecule has 2 atom stereocenters. The van der Waals surface area contributed by atoms with Gasteiger partial charge in [-0.05, 0) is 24.1 Å². The Balaban J connectivity index is 2.23. The average molecular weight is 264 g/mol. The van der Waals surface area contributed by atoms with Crippen molar-refractivity contribution < 1.29 is 13.6 Å². The highest BCUT2D eigenvalue weighted by Gasteiger charge is 2.54. The minimum absolute atomic E-state index is 0.0464. The second-order valence-corrected chi connectivity index (χ2v) is 7.98. The van der Waals surface area contributed by atoms with Crippen LogP contribution in [-0.4, -0.2) is 19.3 Å². The topological polar surface area (TPSA) is 27.7 Å². The summed E-state index contributed by atoms with van der Waals surface area (Å²) in [7, 11) is 0. The second-order valence-electron chi connectivity index (χ2n) is 5.02. The summed E-state index contributed by atoms with van der Waals surface area (Å²) >= 11 is 5.32. The molecule has 5 heteroatoms. The Morgan fingerprint density at radius 2 is 2.00 bits per heavy atom. The first-order chi connectivity index (χ1) is 7.55. The van der Waals surface area contributed by atoms with Crippen LogP contribution in [-0.2, 0) is 25.4 Å². The van der Waals surface area contributed by atoms with Crippen LogP contribution >= 0.6 is 6.72 Å². The summed E-state index contributed by atoms with van der Waals surface area (Å²) in [6, 6.07) is 0. The lowest BCUT2D eigenvalue weighted by molar-refractivity contribution is -0.145. The van der Waals surface area contributed by atoms with Crippen molar-refractivity contribution in [2.45, 2.75) is 46.1 Å². The van der Waals surface area contributed by atoms with E-state index in [4.69, 9.17) is 25.4 Å². The molecule has 0 spiro atoms. The fraction of sp³-hybridized carbons (Fsp3) is 1.00. The summed E-state index contributed by atoms with van der Waals surface area (Å²) in [5.41, 5.74) is 0.0464. The zero-order valence-electron chi connectivity index (χ0n) is 10.3. The quantitative estimate of drug-likeness (QED) is 0.726. The maximum Gasteiger partial charge on any atom is 0.327 e. The monoisotopic (exact) mass is 264 g/mol. The molecule has 0 aromatic heterocycles. The predicted molar refractivity (Wildman–Crippen MR) is 67.9 cm³/mol. The van der Waals surface area contributed by atoms with Gasteiger partial charge >= 0.3 is 6.72 Å². The van der Waals surface area contributed by atoms with Crippen molar-refractivity contribution in [1.29, 1.82) is 0 Å². The highest BCUT2D eigenvalue weighted by Crippen LogP contribution is 2.65. The van der Waals surface area contributed by atoms with E-state index in [1.54, 1.807) is 0 Å². The van der Waals surface area contributed by atoms with Crippen molar-refractivity contribution in [1.82, 2.24) is 0 Å². The molecule has 0 N–H and O–H groups in total. The minimum Gasteiger partial charge on any atom is -0.308 e. The SMILES string of the molecule is CCCC12COP(=S)(OC1)OC2C(C)CC. The van der Waals surface area contributed by atoms with Gasteiger partial charge in [0.15, 0.2) is 0 Å². The van der Waals surface area contributed by atoms with Gasteiger partial charge in [0.05, 0.1) is 19.3 Å². The third kappa shape index (κ3) is 2.11. The van der Waals surface area contributed by atoms with E-state index in [-0.39, 0.29) is 11.5 Å². The van der Waals surface area contributed by atoms with Gasteiger partial charge in [0, 0.05) is 5.41 Å². The lowest BCUT2D eigenvalue weighted by Crippen LogP contribution is -2.53. The third-order valence-corrected chi connectivity index (χ3v) is 6.04. The molecule has 3 fully saturated rings. The summed E-state index contributed by atoms with van der Waals surface area (Å²) in [4.78, 5) is 0. The molecule has 2 bridgehead atoms. The van der Waals surface area contributed by atoms with Gasteiger partial charge in [0.1, 0.15) is 0 Å². The molecule has 0 amide bonds. The molecule has 0 radical (unpaired) electrons. The maximum atomic E-state index is 5.96. The Bertz CT molecular complexity index is 296. The van der Waals surface area contributed by atoms with E-state index < -0.39 is 6.72 Å². The predicted octanol–water partition coefficient (Wildman–Crippen LogP) is 3.49. The first-order valence-electron chi connectivity index (χ1n) is 6.13. The molecular formula is C11H21O3PS. The van der Waals surface area contributed by atoms with Crippen molar-refractivity contribution in [3.05, 3.63) is 0 Å².